The first-order valence-corrected chi connectivity index (χ1v) is 7.09. The topological polar surface area (TPSA) is 54.4 Å². The Morgan fingerprint density at radius 1 is 1.50 bits per heavy atom. The van der Waals surface area contributed by atoms with E-state index in [9.17, 15) is 4.79 Å². The monoisotopic (exact) mass is 279 g/mol. The number of carbonyl (C=O) groups excluding carboxylic acids is 1. The van der Waals surface area contributed by atoms with Crippen molar-refractivity contribution in [3.63, 3.8) is 0 Å². The molecule has 0 aromatic carbocycles. The van der Waals surface area contributed by atoms with Gasteiger partial charge in [0.15, 0.2) is 5.78 Å². The highest BCUT2D eigenvalue weighted by atomic mass is 32.1. The summed E-state index contributed by atoms with van der Waals surface area (Å²) in [7, 11) is 0. The van der Waals surface area contributed by atoms with Crippen molar-refractivity contribution in [3.8, 4) is 0 Å². The Morgan fingerprint density at radius 3 is 2.83 bits per heavy atom. The summed E-state index contributed by atoms with van der Waals surface area (Å²) in [6.07, 6.45) is 1.77. The Kier molecular flexibility index (Phi) is 3.88. The minimum atomic E-state index is 0.0381. The van der Waals surface area contributed by atoms with Gasteiger partial charge in [0, 0.05) is 11.8 Å². The van der Waals surface area contributed by atoms with E-state index in [-0.39, 0.29) is 5.78 Å². The average molecular weight is 279 g/mol. The molecule has 0 aliphatic heterocycles. The average Bonchev–Trinajstić information content (AvgIpc) is 2.86. The fourth-order valence-electron chi connectivity index (χ4n) is 1.43. The van der Waals surface area contributed by atoms with Gasteiger partial charge in [-0.25, -0.2) is 4.98 Å². The Balaban J connectivity index is 2.07. The molecule has 1 N–H and O–H groups in total. The first kappa shape index (κ1) is 12.9. The number of nitrogens with zero attached hydrogens (tertiary/aromatic N) is 2. The quantitative estimate of drug-likeness (QED) is 0.529. The van der Waals surface area contributed by atoms with Gasteiger partial charge in [-0.3, -0.25) is 10.2 Å². The van der Waals surface area contributed by atoms with Crippen molar-refractivity contribution in [3.05, 3.63) is 32.5 Å². The van der Waals surface area contributed by atoms with Crippen LogP contribution in [0.2, 0.25) is 0 Å². The number of hydrogen-bond donors (Lipinski definition) is 1. The fourth-order valence-corrected chi connectivity index (χ4v) is 3.03. The highest BCUT2D eigenvalue weighted by molar-refractivity contribution is 7.17. The minimum Gasteiger partial charge on any atom is -0.294 e. The van der Waals surface area contributed by atoms with Crippen molar-refractivity contribution in [1.82, 2.24) is 4.98 Å². The molecule has 0 bridgehead atoms. The van der Waals surface area contributed by atoms with Gasteiger partial charge in [-0.2, -0.15) is 5.10 Å². The summed E-state index contributed by atoms with van der Waals surface area (Å²) >= 11 is 2.96. The van der Waals surface area contributed by atoms with Crippen LogP contribution in [0.4, 0.5) is 5.13 Å². The summed E-state index contributed by atoms with van der Waals surface area (Å²) in [5.41, 5.74) is 4.80. The smallest absolute Gasteiger partial charge is 0.204 e. The molecule has 2 aromatic heterocycles. The summed E-state index contributed by atoms with van der Waals surface area (Å²) in [5.74, 6) is 0.0381. The summed E-state index contributed by atoms with van der Waals surface area (Å²) in [6, 6.07) is 2.05. The van der Waals surface area contributed by atoms with Crippen LogP contribution in [-0.4, -0.2) is 17.0 Å². The molecule has 0 amide bonds. The Bertz CT molecular complexity index is 598. The van der Waals surface area contributed by atoms with Gasteiger partial charge >= 0.3 is 0 Å². The molecular formula is C12H13N3OS2. The number of aryl methyl sites for hydroxylation is 2. The van der Waals surface area contributed by atoms with E-state index in [4.69, 9.17) is 0 Å². The summed E-state index contributed by atoms with van der Waals surface area (Å²) in [5, 5.41) is 6.80. The van der Waals surface area contributed by atoms with Gasteiger partial charge in [0.25, 0.3) is 0 Å². The van der Waals surface area contributed by atoms with Crippen molar-refractivity contribution < 1.29 is 4.79 Å². The number of hydrogen-bond acceptors (Lipinski definition) is 6. The lowest BCUT2D eigenvalue weighted by molar-refractivity contribution is 0.102. The third-order valence-corrected chi connectivity index (χ3v) is 4.48. The van der Waals surface area contributed by atoms with Gasteiger partial charge in [-0.15, -0.1) is 11.3 Å². The molecule has 0 radical (unpaired) electrons. The van der Waals surface area contributed by atoms with Crippen LogP contribution in [0.1, 0.15) is 32.7 Å². The van der Waals surface area contributed by atoms with Gasteiger partial charge in [0.05, 0.1) is 16.8 Å². The van der Waals surface area contributed by atoms with Gasteiger partial charge in [0.1, 0.15) is 0 Å². The van der Waals surface area contributed by atoms with E-state index < -0.39 is 0 Å². The fraction of sp³-hybridized carbons (Fsp3) is 0.250. The molecule has 0 saturated carbocycles. The standard InChI is InChI=1S/C12H13N3OS2/c1-7-4-5-17-10(7)6-13-15-12-14-8(2)11(18-12)9(3)16/h4-6H,1-3H3,(H,14,15)/b13-6+. The second kappa shape index (κ2) is 5.41. The predicted molar refractivity (Wildman–Crippen MR) is 77.1 cm³/mol. The molecule has 18 heavy (non-hydrogen) atoms. The Hall–Kier alpha value is -1.53. The van der Waals surface area contributed by atoms with Crippen molar-refractivity contribution in [2.45, 2.75) is 20.8 Å². The van der Waals surface area contributed by atoms with Crippen LogP contribution < -0.4 is 5.43 Å². The molecule has 0 aliphatic carbocycles. The summed E-state index contributed by atoms with van der Waals surface area (Å²) in [4.78, 5) is 17.3. The maximum atomic E-state index is 11.3. The van der Waals surface area contributed by atoms with Crippen LogP contribution in [0.5, 0.6) is 0 Å². The van der Waals surface area contributed by atoms with Crippen LogP contribution >= 0.6 is 22.7 Å². The maximum Gasteiger partial charge on any atom is 0.204 e. The van der Waals surface area contributed by atoms with Crippen molar-refractivity contribution in [2.75, 3.05) is 5.43 Å². The first-order chi connectivity index (χ1) is 8.58. The lowest BCUT2D eigenvalue weighted by Gasteiger charge is -1.92. The molecule has 4 nitrogen and oxygen atoms in total. The Labute approximate surface area is 113 Å². The first-order valence-electron chi connectivity index (χ1n) is 5.39. The van der Waals surface area contributed by atoms with Crippen molar-refractivity contribution in [1.29, 1.82) is 0 Å². The summed E-state index contributed by atoms with van der Waals surface area (Å²) < 4.78 is 0. The molecule has 2 aromatic rings. The van der Waals surface area contributed by atoms with Crippen LogP contribution in [0.3, 0.4) is 0 Å². The Morgan fingerprint density at radius 2 is 2.28 bits per heavy atom. The number of rotatable bonds is 4. The molecule has 2 heterocycles. The lowest BCUT2D eigenvalue weighted by Crippen LogP contribution is -1.90. The van der Waals surface area contributed by atoms with Crippen LogP contribution in [-0.2, 0) is 0 Å². The molecular weight excluding hydrogens is 266 g/mol. The molecule has 0 spiro atoms. The number of carbonyl (C=O) groups is 1. The van der Waals surface area contributed by atoms with Crippen molar-refractivity contribution >= 4 is 39.8 Å². The normalized spacial score (nSPS) is 11.1. The van der Waals surface area contributed by atoms with Crippen molar-refractivity contribution in [2.24, 2.45) is 5.10 Å². The second-order valence-corrected chi connectivity index (χ2v) is 5.77. The second-order valence-electron chi connectivity index (χ2n) is 3.83. The molecule has 0 unspecified atom stereocenters. The van der Waals surface area contributed by atoms with E-state index >= 15 is 0 Å². The number of anilines is 1. The van der Waals surface area contributed by atoms with E-state index in [0.717, 1.165) is 10.6 Å². The van der Waals surface area contributed by atoms with E-state index in [1.165, 1.54) is 16.9 Å². The molecule has 6 heteroatoms. The van der Waals surface area contributed by atoms with Crippen LogP contribution in [0.15, 0.2) is 16.5 Å². The number of thiazole rings is 1. The number of hydrazone groups is 1. The number of Topliss-reactive ketones (excluding diaryl/α,β-unsaturated/α-hetero) is 1. The highest BCUT2D eigenvalue weighted by Gasteiger charge is 2.10. The van der Waals surface area contributed by atoms with Crippen LogP contribution in [0.25, 0.3) is 0 Å². The van der Waals surface area contributed by atoms with Gasteiger partial charge in [-0.1, -0.05) is 11.3 Å². The number of aromatic nitrogens is 1. The molecule has 0 atom stereocenters. The van der Waals surface area contributed by atoms with Gasteiger partial charge < -0.3 is 0 Å². The van der Waals surface area contributed by atoms with Gasteiger partial charge in [-0.05, 0) is 30.9 Å². The number of nitrogens with one attached hydrogen (secondary N) is 1. The zero-order chi connectivity index (χ0) is 13.1. The minimum absolute atomic E-state index is 0.0381. The SMILES string of the molecule is CC(=O)c1sc(N/N=C/c2sccc2C)nc1C. The molecule has 2 rings (SSSR count). The van der Waals surface area contributed by atoms with E-state index in [2.05, 4.69) is 15.5 Å². The van der Waals surface area contributed by atoms with Gasteiger partial charge in [0.2, 0.25) is 5.13 Å². The zero-order valence-electron chi connectivity index (χ0n) is 10.4. The van der Waals surface area contributed by atoms with Crippen LogP contribution in [0, 0.1) is 13.8 Å². The highest BCUT2D eigenvalue weighted by Crippen LogP contribution is 2.22. The third kappa shape index (κ3) is 2.83. The number of thiophene rings is 1. The zero-order valence-corrected chi connectivity index (χ0v) is 12.0. The molecule has 0 saturated heterocycles. The summed E-state index contributed by atoms with van der Waals surface area (Å²) in [6.45, 7) is 5.41. The number of ketones is 1. The lowest BCUT2D eigenvalue weighted by atomic mass is 10.3. The maximum absolute atomic E-state index is 11.3. The predicted octanol–water partition coefficient (Wildman–Crippen LogP) is 3.47. The van der Waals surface area contributed by atoms with E-state index in [1.807, 2.05) is 25.3 Å². The largest absolute Gasteiger partial charge is 0.294 e. The van der Waals surface area contributed by atoms with E-state index in [0.29, 0.717) is 10.0 Å². The third-order valence-electron chi connectivity index (χ3n) is 2.36. The molecule has 0 fully saturated rings. The molecule has 94 valence electrons. The molecule has 0 aliphatic rings. The van der Waals surface area contributed by atoms with E-state index in [1.54, 1.807) is 24.5 Å².